The number of hydrogen-bond donors (Lipinski definition) is 0. The number of methoxy groups -OCH3 is 1. The molecule has 0 aliphatic heterocycles. The summed E-state index contributed by atoms with van der Waals surface area (Å²) < 4.78 is 6.03. The van der Waals surface area contributed by atoms with Gasteiger partial charge in [-0.15, -0.1) is 0 Å². The summed E-state index contributed by atoms with van der Waals surface area (Å²) in [6.45, 7) is 3.58. The molecule has 17 heavy (non-hydrogen) atoms. The summed E-state index contributed by atoms with van der Waals surface area (Å²) in [7, 11) is 1.54. The molecule has 0 radical (unpaired) electrons. The Kier molecular flexibility index (Phi) is 4.69. The maximum absolute atomic E-state index is 10.9. The molecule has 0 atom stereocenters. The van der Waals surface area contributed by atoms with E-state index in [4.69, 9.17) is 4.74 Å². The van der Waals surface area contributed by atoms with E-state index in [0.29, 0.717) is 11.3 Å². The summed E-state index contributed by atoms with van der Waals surface area (Å²) in [5, 5.41) is 10.9. The number of hydrogen-bond acceptors (Lipinski definition) is 3. The molecule has 0 aromatic heterocycles. The van der Waals surface area contributed by atoms with E-state index >= 15 is 0 Å². The first kappa shape index (κ1) is 13.7. The van der Waals surface area contributed by atoms with E-state index in [0.717, 1.165) is 4.47 Å². The van der Waals surface area contributed by atoms with Gasteiger partial charge in [0.05, 0.1) is 12.0 Å². The zero-order valence-corrected chi connectivity index (χ0v) is 11.5. The van der Waals surface area contributed by atoms with E-state index in [1.807, 2.05) is 6.07 Å². The van der Waals surface area contributed by atoms with Gasteiger partial charge in [-0.1, -0.05) is 29.8 Å². The van der Waals surface area contributed by atoms with Crippen LogP contribution in [0.2, 0.25) is 0 Å². The second-order valence-corrected chi connectivity index (χ2v) is 4.78. The van der Waals surface area contributed by atoms with Crippen molar-refractivity contribution in [3.8, 4) is 5.75 Å². The first-order chi connectivity index (χ1) is 7.95. The normalized spacial score (nSPS) is 11.7. The Morgan fingerprint density at radius 3 is 2.65 bits per heavy atom. The summed E-state index contributed by atoms with van der Waals surface area (Å²) in [6.07, 6.45) is 1.55. The van der Waals surface area contributed by atoms with E-state index in [1.165, 1.54) is 0 Å². The van der Waals surface area contributed by atoms with Gasteiger partial charge in [-0.3, -0.25) is 10.1 Å². The first-order valence-electron chi connectivity index (χ1n) is 5.15. The van der Waals surface area contributed by atoms with Gasteiger partial charge in [0.2, 0.25) is 5.70 Å². The summed E-state index contributed by atoms with van der Waals surface area (Å²) >= 11 is 3.33. The van der Waals surface area contributed by atoms with Crippen LogP contribution >= 0.6 is 15.9 Å². The van der Waals surface area contributed by atoms with Crippen LogP contribution in [0.3, 0.4) is 0 Å². The van der Waals surface area contributed by atoms with Crippen molar-refractivity contribution in [2.45, 2.75) is 13.8 Å². The Hall–Kier alpha value is -1.36. The molecule has 0 saturated heterocycles. The molecule has 0 amide bonds. The van der Waals surface area contributed by atoms with Gasteiger partial charge in [-0.2, -0.15) is 0 Å². The van der Waals surface area contributed by atoms with Crippen LogP contribution in [-0.4, -0.2) is 12.0 Å². The third-order valence-electron chi connectivity index (χ3n) is 2.30. The Bertz CT molecular complexity index is 455. The Morgan fingerprint density at radius 2 is 2.18 bits per heavy atom. The molecule has 0 aliphatic carbocycles. The molecule has 0 saturated carbocycles. The molecule has 92 valence electrons. The van der Waals surface area contributed by atoms with Gasteiger partial charge in [-0.05, 0) is 18.2 Å². The summed E-state index contributed by atoms with van der Waals surface area (Å²) in [5.41, 5.74) is 0.865. The fourth-order valence-corrected chi connectivity index (χ4v) is 1.79. The van der Waals surface area contributed by atoms with Crippen molar-refractivity contribution in [3.63, 3.8) is 0 Å². The van der Waals surface area contributed by atoms with Crippen molar-refractivity contribution in [1.29, 1.82) is 0 Å². The lowest BCUT2D eigenvalue weighted by Gasteiger charge is -2.07. The molecule has 0 heterocycles. The zero-order chi connectivity index (χ0) is 13.0. The predicted molar refractivity (Wildman–Crippen MR) is 70.5 cm³/mol. The van der Waals surface area contributed by atoms with Crippen molar-refractivity contribution in [2.24, 2.45) is 5.92 Å². The minimum Gasteiger partial charge on any atom is -0.496 e. The molecule has 4 nitrogen and oxygen atoms in total. The second kappa shape index (κ2) is 5.82. The van der Waals surface area contributed by atoms with Crippen LogP contribution in [0.5, 0.6) is 5.75 Å². The van der Waals surface area contributed by atoms with Crippen LogP contribution in [0.1, 0.15) is 19.4 Å². The highest BCUT2D eigenvalue weighted by Crippen LogP contribution is 2.26. The van der Waals surface area contributed by atoms with Gasteiger partial charge < -0.3 is 4.74 Å². The molecule has 0 unspecified atom stereocenters. The molecular weight excluding hydrogens is 286 g/mol. The molecule has 1 aromatic rings. The highest BCUT2D eigenvalue weighted by molar-refractivity contribution is 9.10. The highest BCUT2D eigenvalue weighted by Gasteiger charge is 2.16. The van der Waals surface area contributed by atoms with Crippen LogP contribution in [0, 0.1) is 16.0 Å². The molecule has 0 aliphatic rings. The molecule has 0 fully saturated rings. The van der Waals surface area contributed by atoms with Crippen LogP contribution in [0.25, 0.3) is 6.08 Å². The number of benzene rings is 1. The monoisotopic (exact) mass is 299 g/mol. The van der Waals surface area contributed by atoms with Gasteiger partial charge in [0.15, 0.2) is 0 Å². The van der Waals surface area contributed by atoms with Crippen LogP contribution in [-0.2, 0) is 0 Å². The number of rotatable bonds is 4. The van der Waals surface area contributed by atoms with Gasteiger partial charge in [0, 0.05) is 22.0 Å². The van der Waals surface area contributed by atoms with Crippen molar-refractivity contribution >= 4 is 22.0 Å². The minimum absolute atomic E-state index is 0.145. The maximum atomic E-state index is 10.9. The third kappa shape index (κ3) is 3.56. The summed E-state index contributed by atoms with van der Waals surface area (Å²) in [6, 6.07) is 5.40. The Balaban J connectivity index is 3.27. The molecule has 5 heteroatoms. The second-order valence-electron chi connectivity index (χ2n) is 3.87. The number of ether oxygens (including phenoxy) is 1. The van der Waals surface area contributed by atoms with E-state index in [-0.39, 0.29) is 16.5 Å². The fourth-order valence-electron chi connectivity index (χ4n) is 1.41. The van der Waals surface area contributed by atoms with Crippen LogP contribution in [0.15, 0.2) is 28.4 Å². The Morgan fingerprint density at radius 1 is 1.53 bits per heavy atom. The van der Waals surface area contributed by atoms with E-state index in [2.05, 4.69) is 15.9 Å². The minimum atomic E-state index is -0.356. The van der Waals surface area contributed by atoms with Gasteiger partial charge in [0.1, 0.15) is 5.75 Å². The summed E-state index contributed by atoms with van der Waals surface area (Å²) in [4.78, 5) is 10.6. The quantitative estimate of drug-likeness (QED) is 0.629. The standard InChI is InChI=1S/C12H14BrNO3/c1-8(2)11(14(15)16)7-9-6-10(13)4-5-12(9)17-3/h4-8H,1-3H3/b11-7-. The predicted octanol–water partition coefficient (Wildman–Crippen LogP) is 3.73. The van der Waals surface area contributed by atoms with Crippen molar-refractivity contribution in [2.75, 3.05) is 7.11 Å². The summed E-state index contributed by atoms with van der Waals surface area (Å²) in [5.74, 6) is 0.474. The van der Waals surface area contributed by atoms with Crippen LogP contribution < -0.4 is 4.74 Å². The smallest absolute Gasteiger partial charge is 0.249 e. The highest BCUT2D eigenvalue weighted by atomic mass is 79.9. The average molecular weight is 300 g/mol. The largest absolute Gasteiger partial charge is 0.496 e. The van der Waals surface area contributed by atoms with Crippen molar-refractivity contribution < 1.29 is 9.66 Å². The SMILES string of the molecule is COc1ccc(Br)cc1/C=C(/C(C)C)[N+](=O)[O-]. The molecule has 1 rings (SSSR count). The van der Waals surface area contributed by atoms with E-state index in [1.54, 1.807) is 39.2 Å². The van der Waals surface area contributed by atoms with Gasteiger partial charge in [-0.25, -0.2) is 0 Å². The topological polar surface area (TPSA) is 52.4 Å². The van der Waals surface area contributed by atoms with E-state index in [9.17, 15) is 10.1 Å². The molecular formula is C12H14BrNO3. The lowest BCUT2D eigenvalue weighted by atomic mass is 10.1. The first-order valence-corrected chi connectivity index (χ1v) is 5.94. The fraction of sp³-hybridized carbons (Fsp3) is 0.333. The molecule has 0 spiro atoms. The van der Waals surface area contributed by atoms with Gasteiger partial charge >= 0.3 is 0 Å². The van der Waals surface area contributed by atoms with Crippen molar-refractivity contribution in [3.05, 3.63) is 44.0 Å². The number of nitro groups is 1. The Labute approximate surface area is 109 Å². The number of allylic oxidation sites excluding steroid dienone is 1. The van der Waals surface area contributed by atoms with E-state index < -0.39 is 0 Å². The zero-order valence-electron chi connectivity index (χ0n) is 9.94. The lowest BCUT2D eigenvalue weighted by molar-refractivity contribution is -0.431. The molecule has 0 bridgehead atoms. The third-order valence-corrected chi connectivity index (χ3v) is 2.79. The van der Waals surface area contributed by atoms with Gasteiger partial charge in [0.25, 0.3) is 0 Å². The number of halogens is 1. The van der Waals surface area contributed by atoms with Crippen molar-refractivity contribution in [1.82, 2.24) is 0 Å². The average Bonchev–Trinajstić information content (AvgIpc) is 2.25. The molecule has 1 aromatic carbocycles. The maximum Gasteiger partial charge on any atom is 0.249 e. The van der Waals surface area contributed by atoms with Crippen LogP contribution in [0.4, 0.5) is 0 Å². The molecule has 0 N–H and O–H groups in total. The lowest BCUT2D eigenvalue weighted by Crippen LogP contribution is -2.05. The number of nitrogens with zero attached hydrogens (tertiary/aromatic N) is 1.